The van der Waals surface area contributed by atoms with Gasteiger partial charge in [-0.05, 0) is 19.8 Å². The van der Waals surface area contributed by atoms with E-state index in [4.69, 9.17) is 5.11 Å². The molecule has 1 unspecified atom stereocenters. The minimum absolute atomic E-state index is 0.245. The second kappa shape index (κ2) is 4.59. The molecule has 6 nitrogen and oxygen atoms in total. The SMILES string of the molecule is CC(NC(=O)C(C)(C)C)C(=O)NC1(C(=O)O)CC1. The largest absolute Gasteiger partial charge is 0.480 e. The van der Waals surface area contributed by atoms with Gasteiger partial charge in [-0.15, -0.1) is 0 Å². The van der Waals surface area contributed by atoms with Crippen LogP contribution < -0.4 is 10.6 Å². The molecule has 1 aliphatic carbocycles. The lowest BCUT2D eigenvalue weighted by atomic mass is 9.95. The molecule has 0 aromatic heterocycles. The van der Waals surface area contributed by atoms with E-state index in [0.717, 1.165) is 0 Å². The first-order valence-electron chi connectivity index (χ1n) is 5.95. The number of carbonyl (C=O) groups excluding carboxylic acids is 2. The van der Waals surface area contributed by atoms with Gasteiger partial charge < -0.3 is 15.7 Å². The van der Waals surface area contributed by atoms with E-state index in [-0.39, 0.29) is 5.91 Å². The van der Waals surface area contributed by atoms with Gasteiger partial charge in [-0.2, -0.15) is 0 Å². The predicted molar refractivity (Wildman–Crippen MR) is 64.8 cm³/mol. The molecule has 6 heteroatoms. The Hall–Kier alpha value is -1.59. The minimum atomic E-state index is -1.11. The smallest absolute Gasteiger partial charge is 0.329 e. The normalized spacial score (nSPS) is 18.7. The van der Waals surface area contributed by atoms with E-state index in [0.29, 0.717) is 12.8 Å². The van der Waals surface area contributed by atoms with E-state index in [2.05, 4.69) is 10.6 Å². The summed E-state index contributed by atoms with van der Waals surface area (Å²) >= 11 is 0. The van der Waals surface area contributed by atoms with Crippen LogP contribution in [0.15, 0.2) is 0 Å². The van der Waals surface area contributed by atoms with Gasteiger partial charge in [-0.25, -0.2) is 4.79 Å². The van der Waals surface area contributed by atoms with Crippen LogP contribution >= 0.6 is 0 Å². The zero-order valence-corrected chi connectivity index (χ0v) is 11.2. The van der Waals surface area contributed by atoms with Gasteiger partial charge in [0.1, 0.15) is 11.6 Å². The van der Waals surface area contributed by atoms with Crippen molar-refractivity contribution in [2.45, 2.75) is 52.1 Å². The lowest BCUT2D eigenvalue weighted by Gasteiger charge is -2.22. The Bertz CT molecular complexity index is 380. The highest BCUT2D eigenvalue weighted by atomic mass is 16.4. The maximum atomic E-state index is 11.8. The molecule has 1 rings (SSSR count). The highest BCUT2D eigenvalue weighted by Crippen LogP contribution is 2.35. The lowest BCUT2D eigenvalue weighted by Crippen LogP contribution is -2.53. The molecular weight excluding hydrogens is 236 g/mol. The molecule has 1 saturated carbocycles. The van der Waals surface area contributed by atoms with Crippen LogP contribution in [0.2, 0.25) is 0 Å². The van der Waals surface area contributed by atoms with Crippen LogP contribution in [0, 0.1) is 5.41 Å². The first-order valence-corrected chi connectivity index (χ1v) is 5.95. The Labute approximate surface area is 106 Å². The Kier molecular flexibility index (Phi) is 3.69. The van der Waals surface area contributed by atoms with E-state index in [1.54, 1.807) is 20.8 Å². The van der Waals surface area contributed by atoms with E-state index in [1.165, 1.54) is 6.92 Å². The van der Waals surface area contributed by atoms with Crippen LogP contribution in [-0.4, -0.2) is 34.5 Å². The fourth-order valence-corrected chi connectivity index (χ4v) is 1.34. The van der Waals surface area contributed by atoms with Gasteiger partial charge in [0, 0.05) is 5.41 Å². The monoisotopic (exact) mass is 256 g/mol. The number of hydrogen-bond donors (Lipinski definition) is 3. The third-order valence-electron chi connectivity index (χ3n) is 2.94. The Morgan fingerprint density at radius 2 is 1.72 bits per heavy atom. The highest BCUT2D eigenvalue weighted by Gasteiger charge is 2.52. The van der Waals surface area contributed by atoms with Crippen LogP contribution in [0.1, 0.15) is 40.5 Å². The fraction of sp³-hybridized carbons (Fsp3) is 0.750. The molecule has 18 heavy (non-hydrogen) atoms. The Balaban J connectivity index is 2.53. The summed E-state index contributed by atoms with van der Waals surface area (Å²) < 4.78 is 0. The molecule has 1 aliphatic rings. The van der Waals surface area contributed by atoms with Crippen molar-refractivity contribution < 1.29 is 19.5 Å². The van der Waals surface area contributed by atoms with E-state index in [9.17, 15) is 14.4 Å². The van der Waals surface area contributed by atoms with Crippen LogP contribution in [0.25, 0.3) is 0 Å². The molecule has 0 spiro atoms. The Morgan fingerprint density at radius 3 is 2.06 bits per heavy atom. The molecule has 0 aromatic rings. The number of aliphatic carboxylic acids is 1. The number of carbonyl (C=O) groups is 3. The topological polar surface area (TPSA) is 95.5 Å². The number of nitrogens with one attached hydrogen (secondary N) is 2. The summed E-state index contributed by atoms with van der Waals surface area (Å²) in [5.41, 5.74) is -1.70. The summed E-state index contributed by atoms with van der Waals surface area (Å²) in [7, 11) is 0. The van der Waals surface area contributed by atoms with E-state index in [1.807, 2.05) is 0 Å². The minimum Gasteiger partial charge on any atom is -0.480 e. The zero-order chi connectivity index (χ0) is 14.1. The van der Waals surface area contributed by atoms with Crippen LogP contribution in [0.4, 0.5) is 0 Å². The van der Waals surface area contributed by atoms with E-state index < -0.39 is 28.9 Å². The molecule has 0 heterocycles. The molecule has 3 N–H and O–H groups in total. The quantitative estimate of drug-likeness (QED) is 0.672. The van der Waals surface area contributed by atoms with Crippen LogP contribution in [-0.2, 0) is 14.4 Å². The Morgan fingerprint density at radius 1 is 1.22 bits per heavy atom. The maximum Gasteiger partial charge on any atom is 0.329 e. The lowest BCUT2D eigenvalue weighted by molar-refractivity contribution is -0.143. The standard InChI is InChI=1S/C12H20N2O4/c1-7(13-9(16)11(2,3)4)8(15)14-12(5-6-12)10(17)18/h7H,5-6H2,1-4H3,(H,13,16)(H,14,15)(H,17,18). The van der Waals surface area contributed by atoms with Gasteiger partial charge in [0.25, 0.3) is 0 Å². The average Bonchev–Trinajstić information content (AvgIpc) is 2.97. The maximum absolute atomic E-state index is 11.8. The highest BCUT2D eigenvalue weighted by molar-refractivity contribution is 5.94. The molecule has 102 valence electrons. The van der Waals surface area contributed by atoms with E-state index >= 15 is 0 Å². The summed E-state index contributed by atoms with van der Waals surface area (Å²) in [4.78, 5) is 34.4. The molecule has 1 atom stereocenters. The van der Waals surface area contributed by atoms with Gasteiger partial charge >= 0.3 is 5.97 Å². The third kappa shape index (κ3) is 3.21. The van der Waals surface area contributed by atoms with Crippen molar-refractivity contribution in [2.75, 3.05) is 0 Å². The number of amides is 2. The number of hydrogen-bond acceptors (Lipinski definition) is 3. The molecule has 0 saturated heterocycles. The van der Waals surface area contributed by atoms with Crippen molar-refractivity contribution in [3.8, 4) is 0 Å². The fourth-order valence-electron chi connectivity index (χ4n) is 1.34. The third-order valence-corrected chi connectivity index (χ3v) is 2.94. The summed E-state index contributed by atoms with van der Waals surface area (Å²) in [6.07, 6.45) is 0.877. The average molecular weight is 256 g/mol. The second-order valence-corrected chi connectivity index (χ2v) is 5.82. The first-order chi connectivity index (χ1) is 8.08. The van der Waals surface area contributed by atoms with Gasteiger partial charge in [0.15, 0.2) is 0 Å². The van der Waals surface area contributed by atoms with Crippen molar-refractivity contribution in [1.82, 2.24) is 10.6 Å². The van der Waals surface area contributed by atoms with Crippen LogP contribution in [0.3, 0.4) is 0 Å². The van der Waals surface area contributed by atoms with Gasteiger partial charge in [0.2, 0.25) is 11.8 Å². The summed E-state index contributed by atoms with van der Waals surface area (Å²) in [6, 6.07) is -0.742. The van der Waals surface area contributed by atoms with Crippen molar-refractivity contribution in [3.05, 3.63) is 0 Å². The molecule has 0 bridgehead atoms. The summed E-state index contributed by atoms with van der Waals surface area (Å²) in [5, 5.41) is 14.0. The molecule has 1 fully saturated rings. The van der Waals surface area contributed by atoms with Crippen molar-refractivity contribution >= 4 is 17.8 Å². The first kappa shape index (κ1) is 14.5. The zero-order valence-electron chi connectivity index (χ0n) is 11.2. The predicted octanol–water partition coefficient (Wildman–Crippen LogP) is 0.271. The van der Waals surface area contributed by atoms with Gasteiger partial charge in [-0.1, -0.05) is 20.8 Å². The van der Waals surface area contributed by atoms with Gasteiger partial charge in [-0.3, -0.25) is 9.59 Å². The summed E-state index contributed by atoms with van der Waals surface area (Å²) in [6.45, 7) is 6.77. The molecule has 0 aromatic carbocycles. The molecular formula is C12H20N2O4. The molecule has 2 amide bonds. The van der Waals surface area contributed by atoms with Crippen molar-refractivity contribution in [2.24, 2.45) is 5.41 Å². The summed E-state index contributed by atoms with van der Waals surface area (Å²) in [5.74, 6) is -1.73. The second-order valence-electron chi connectivity index (χ2n) is 5.82. The van der Waals surface area contributed by atoms with Crippen LogP contribution in [0.5, 0.6) is 0 Å². The van der Waals surface area contributed by atoms with Crippen molar-refractivity contribution in [1.29, 1.82) is 0 Å². The number of carboxylic acids is 1. The molecule has 0 radical (unpaired) electrons. The number of carboxylic acid groups (broad SMARTS) is 1. The van der Waals surface area contributed by atoms with Gasteiger partial charge in [0.05, 0.1) is 0 Å². The number of rotatable bonds is 4. The van der Waals surface area contributed by atoms with Crippen molar-refractivity contribution in [3.63, 3.8) is 0 Å². The molecule has 0 aliphatic heterocycles.